The Kier molecular flexibility index (Phi) is 3.00. The van der Waals surface area contributed by atoms with Gasteiger partial charge in [0.15, 0.2) is 0 Å². The number of anilines is 1. The molecule has 98 valence electrons. The first-order valence-corrected chi connectivity index (χ1v) is 6.20. The van der Waals surface area contributed by atoms with E-state index in [9.17, 15) is 4.79 Å². The van der Waals surface area contributed by atoms with Crippen LogP contribution >= 0.6 is 0 Å². The maximum absolute atomic E-state index is 11.9. The van der Waals surface area contributed by atoms with Crippen molar-refractivity contribution in [2.75, 3.05) is 18.0 Å². The Labute approximate surface area is 111 Å². The lowest BCUT2D eigenvalue weighted by atomic mass is 10.0. The molecule has 0 radical (unpaired) electrons. The van der Waals surface area contributed by atoms with Gasteiger partial charge in [-0.2, -0.15) is 10.2 Å². The molecule has 0 aliphatic carbocycles. The van der Waals surface area contributed by atoms with Gasteiger partial charge in [0, 0.05) is 25.0 Å². The minimum atomic E-state index is -0.259. The van der Waals surface area contributed by atoms with Crippen LogP contribution < -0.4 is 15.5 Å². The molecule has 0 bridgehead atoms. The van der Waals surface area contributed by atoms with E-state index in [2.05, 4.69) is 32.3 Å². The number of nitrogens with zero attached hydrogens (tertiary/aromatic N) is 3. The minimum Gasteiger partial charge on any atom is -0.346 e. The van der Waals surface area contributed by atoms with Crippen LogP contribution in [0.4, 0.5) is 5.69 Å². The zero-order valence-corrected chi connectivity index (χ0v) is 10.5. The van der Waals surface area contributed by atoms with Crippen LogP contribution in [0.5, 0.6) is 0 Å². The first-order valence-electron chi connectivity index (χ1n) is 6.20. The summed E-state index contributed by atoms with van der Waals surface area (Å²) < 4.78 is 0. The van der Waals surface area contributed by atoms with Crippen LogP contribution in [0.3, 0.4) is 0 Å². The van der Waals surface area contributed by atoms with Crippen LogP contribution in [0, 0.1) is 0 Å². The summed E-state index contributed by atoms with van der Waals surface area (Å²) in [5.74, 6) is -0.0304. The zero-order valence-electron chi connectivity index (χ0n) is 10.5. The van der Waals surface area contributed by atoms with E-state index in [0.717, 1.165) is 29.9 Å². The van der Waals surface area contributed by atoms with Crippen molar-refractivity contribution in [2.24, 2.45) is 0 Å². The fourth-order valence-electron chi connectivity index (χ4n) is 2.36. The minimum absolute atomic E-state index is 0.0304. The summed E-state index contributed by atoms with van der Waals surface area (Å²) in [7, 11) is 0. The van der Waals surface area contributed by atoms with Crippen LogP contribution in [-0.4, -0.2) is 35.2 Å². The van der Waals surface area contributed by atoms with Gasteiger partial charge in [0.1, 0.15) is 6.04 Å². The maximum Gasteiger partial charge on any atom is 0.245 e. The summed E-state index contributed by atoms with van der Waals surface area (Å²) in [6.07, 6.45) is 6.26. The number of nitrogens with one attached hydrogen (secondary N) is 2. The molecule has 2 N–H and O–H groups in total. The summed E-state index contributed by atoms with van der Waals surface area (Å²) in [5, 5.41) is 13.6. The van der Waals surface area contributed by atoms with Gasteiger partial charge < -0.3 is 10.2 Å². The molecule has 6 heteroatoms. The van der Waals surface area contributed by atoms with Gasteiger partial charge >= 0.3 is 0 Å². The Morgan fingerprint density at radius 3 is 3.05 bits per heavy atom. The highest BCUT2D eigenvalue weighted by molar-refractivity contribution is 5.87. The van der Waals surface area contributed by atoms with Gasteiger partial charge in [-0.15, -0.1) is 0 Å². The van der Waals surface area contributed by atoms with E-state index in [4.69, 9.17) is 0 Å². The molecule has 3 heterocycles. The topological polar surface area (TPSA) is 70.1 Å². The van der Waals surface area contributed by atoms with Gasteiger partial charge in [0.2, 0.25) is 5.91 Å². The molecule has 1 unspecified atom stereocenters. The van der Waals surface area contributed by atoms with Crippen LogP contribution in [-0.2, 0) is 4.79 Å². The second kappa shape index (κ2) is 4.81. The average Bonchev–Trinajstić information content (AvgIpc) is 2.89. The molecular formula is C13H15N5O. The highest BCUT2D eigenvalue weighted by Gasteiger charge is 2.29. The first kappa shape index (κ1) is 11.9. The van der Waals surface area contributed by atoms with E-state index in [1.807, 2.05) is 12.3 Å². The van der Waals surface area contributed by atoms with Crippen LogP contribution in [0.15, 0.2) is 42.5 Å². The van der Waals surface area contributed by atoms with Gasteiger partial charge in [0.25, 0.3) is 0 Å². The number of aromatic nitrogens is 2. The molecular weight excluding hydrogens is 242 g/mol. The molecule has 19 heavy (non-hydrogen) atoms. The normalized spacial score (nSPS) is 23.3. The van der Waals surface area contributed by atoms with Gasteiger partial charge in [-0.1, -0.05) is 6.58 Å². The standard InChI is InChI=1S/C13H15N5O/c1-9-6-14-12(13(19)17-9)10-3-5-18(8-10)11-2-4-15-16-7-11/h2,4,7-8,12,14H,1,3,5-6H2,(H,17,19). The van der Waals surface area contributed by atoms with E-state index in [-0.39, 0.29) is 11.9 Å². The van der Waals surface area contributed by atoms with Gasteiger partial charge in [0.05, 0.1) is 18.1 Å². The van der Waals surface area contributed by atoms with Crippen molar-refractivity contribution in [2.45, 2.75) is 12.5 Å². The fourth-order valence-corrected chi connectivity index (χ4v) is 2.36. The lowest BCUT2D eigenvalue weighted by molar-refractivity contribution is -0.122. The summed E-state index contributed by atoms with van der Waals surface area (Å²) in [6, 6.07) is 1.65. The number of amides is 1. The molecule has 6 nitrogen and oxygen atoms in total. The quantitative estimate of drug-likeness (QED) is 0.790. The second-order valence-electron chi connectivity index (χ2n) is 4.65. The number of carbonyl (C=O) groups is 1. The largest absolute Gasteiger partial charge is 0.346 e. The Bertz CT molecular complexity index is 539. The van der Waals surface area contributed by atoms with E-state index >= 15 is 0 Å². The summed E-state index contributed by atoms with van der Waals surface area (Å²) in [5.41, 5.74) is 2.79. The molecule has 1 amide bonds. The molecule has 1 aromatic heterocycles. The van der Waals surface area contributed by atoms with Crippen molar-refractivity contribution in [1.82, 2.24) is 20.8 Å². The molecule has 1 fully saturated rings. The van der Waals surface area contributed by atoms with Gasteiger partial charge in [-0.05, 0) is 18.1 Å². The maximum atomic E-state index is 11.9. The number of hydrogen-bond donors (Lipinski definition) is 2. The van der Waals surface area contributed by atoms with Crippen LogP contribution in [0.1, 0.15) is 6.42 Å². The van der Waals surface area contributed by atoms with Crippen molar-refractivity contribution in [1.29, 1.82) is 0 Å². The molecule has 0 saturated carbocycles. The highest BCUT2D eigenvalue weighted by atomic mass is 16.2. The molecule has 2 aliphatic rings. The molecule has 3 rings (SSSR count). The molecule has 1 aromatic rings. The van der Waals surface area contributed by atoms with Crippen LogP contribution in [0.25, 0.3) is 0 Å². The number of piperazine rings is 1. The van der Waals surface area contributed by atoms with Crippen molar-refractivity contribution in [3.05, 3.63) is 42.5 Å². The van der Waals surface area contributed by atoms with Crippen LogP contribution in [0.2, 0.25) is 0 Å². The average molecular weight is 257 g/mol. The van der Waals surface area contributed by atoms with Gasteiger partial charge in [-0.25, -0.2) is 0 Å². The summed E-state index contributed by atoms with van der Waals surface area (Å²) in [6.45, 7) is 5.22. The third kappa shape index (κ3) is 2.34. The lowest BCUT2D eigenvalue weighted by Crippen LogP contribution is -2.52. The summed E-state index contributed by atoms with van der Waals surface area (Å²) in [4.78, 5) is 14.0. The SMILES string of the molecule is C=C1CNC(C2=CN(c3ccnnc3)CC2)C(=O)N1. The molecule has 1 atom stereocenters. The molecule has 2 aliphatic heterocycles. The Balaban J connectivity index is 1.76. The smallest absolute Gasteiger partial charge is 0.245 e. The van der Waals surface area contributed by atoms with E-state index in [0.29, 0.717) is 6.54 Å². The predicted octanol–water partition coefficient (Wildman–Crippen LogP) is 0.172. The van der Waals surface area contributed by atoms with E-state index in [1.165, 1.54) is 0 Å². The van der Waals surface area contributed by atoms with Crippen molar-refractivity contribution < 1.29 is 4.79 Å². The predicted molar refractivity (Wildman–Crippen MR) is 71.2 cm³/mol. The van der Waals surface area contributed by atoms with E-state index < -0.39 is 0 Å². The molecule has 0 spiro atoms. The molecule has 1 saturated heterocycles. The van der Waals surface area contributed by atoms with Crippen molar-refractivity contribution >= 4 is 11.6 Å². The first-order chi connectivity index (χ1) is 9.24. The molecule has 0 aromatic carbocycles. The number of rotatable bonds is 2. The fraction of sp³-hybridized carbons (Fsp3) is 0.308. The Hall–Kier alpha value is -2.21. The highest BCUT2D eigenvalue weighted by Crippen LogP contribution is 2.24. The van der Waals surface area contributed by atoms with Gasteiger partial charge in [-0.3, -0.25) is 10.1 Å². The third-order valence-corrected chi connectivity index (χ3v) is 3.32. The van der Waals surface area contributed by atoms with Crippen molar-refractivity contribution in [3.8, 4) is 0 Å². The zero-order chi connectivity index (χ0) is 13.2. The Morgan fingerprint density at radius 2 is 2.32 bits per heavy atom. The lowest BCUT2D eigenvalue weighted by Gasteiger charge is -2.25. The second-order valence-corrected chi connectivity index (χ2v) is 4.65. The van der Waals surface area contributed by atoms with Crippen molar-refractivity contribution in [3.63, 3.8) is 0 Å². The third-order valence-electron chi connectivity index (χ3n) is 3.32. The number of hydrogen-bond acceptors (Lipinski definition) is 5. The van der Waals surface area contributed by atoms with E-state index in [1.54, 1.807) is 12.4 Å². The summed E-state index contributed by atoms with van der Waals surface area (Å²) >= 11 is 0. The monoisotopic (exact) mass is 257 g/mol. The number of carbonyl (C=O) groups excluding carboxylic acids is 1. The Morgan fingerprint density at radius 1 is 1.42 bits per heavy atom.